The van der Waals surface area contributed by atoms with E-state index in [0.29, 0.717) is 15.6 Å². The molecular weight excluding hydrogens is 365 g/mol. The molecule has 0 fully saturated rings. The number of aromatic nitrogens is 1. The maximum Gasteiger partial charge on any atom is 0.253 e. The summed E-state index contributed by atoms with van der Waals surface area (Å²) in [5, 5.41) is 0. The third kappa shape index (κ3) is 2.90. The second-order valence-corrected chi connectivity index (χ2v) is 5.84. The zero-order valence-corrected chi connectivity index (χ0v) is 12.8. The van der Waals surface area contributed by atoms with E-state index in [1.165, 1.54) is 10.6 Å². The molecule has 0 saturated carbocycles. The number of halogens is 3. The summed E-state index contributed by atoms with van der Waals surface area (Å²) in [4.78, 5) is 11.9. The second kappa shape index (κ2) is 5.36. The Balaban J connectivity index is 2.43. The predicted molar refractivity (Wildman–Crippen MR) is 76.3 cm³/mol. The molecular formula is C13H10Br2FNO. The van der Waals surface area contributed by atoms with Gasteiger partial charge in [-0.3, -0.25) is 4.79 Å². The van der Waals surface area contributed by atoms with Gasteiger partial charge in [-0.2, -0.15) is 0 Å². The quantitative estimate of drug-likeness (QED) is 0.782. The summed E-state index contributed by atoms with van der Waals surface area (Å²) in [6.07, 6.45) is 1.66. The van der Waals surface area contributed by atoms with Crippen LogP contribution in [0.3, 0.4) is 0 Å². The Morgan fingerprint density at radius 1 is 1.22 bits per heavy atom. The van der Waals surface area contributed by atoms with Gasteiger partial charge in [0.2, 0.25) is 0 Å². The molecule has 0 atom stereocenters. The van der Waals surface area contributed by atoms with E-state index in [-0.39, 0.29) is 17.9 Å². The molecule has 1 aromatic heterocycles. The van der Waals surface area contributed by atoms with Gasteiger partial charge in [0, 0.05) is 26.3 Å². The van der Waals surface area contributed by atoms with Gasteiger partial charge >= 0.3 is 0 Å². The van der Waals surface area contributed by atoms with E-state index in [0.717, 1.165) is 4.47 Å². The average Bonchev–Trinajstić information content (AvgIpc) is 2.29. The van der Waals surface area contributed by atoms with Crippen LogP contribution in [0, 0.1) is 12.7 Å². The van der Waals surface area contributed by atoms with Crippen LogP contribution in [0.5, 0.6) is 0 Å². The van der Waals surface area contributed by atoms with E-state index in [1.54, 1.807) is 31.3 Å². The smallest absolute Gasteiger partial charge is 0.253 e. The highest BCUT2D eigenvalue weighted by molar-refractivity contribution is 9.10. The summed E-state index contributed by atoms with van der Waals surface area (Å²) in [5.41, 5.74) is 1.00. The van der Waals surface area contributed by atoms with Crippen LogP contribution in [0.2, 0.25) is 0 Å². The maximum absolute atomic E-state index is 13.7. The maximum atomic E-state index is 13.7. The third-order valence-electron chi connectivity index (χ3n) is 2.59. The van der Waals surface area contributed by atoms with Gasteiger partial charge in [-0.15, -0.1) is 0 Å². The fourth-order valence-corrected chi connectivity index (χ4v) is 2.61. The van der Waals surface area contributed by atoms with E-state index < -0.39 is 0 Å². The van der Waals surface area contributed by atoms with Crippen molar-refractivity contribution in [2.24, 2.45) is 0 Å². The van der Waals surface area contributed by atoms with E-state index in [4.69, 9.17) is 0 Å². The summed E-state index contributed by atoms with van der Waals surface area (Å²) < 4.78 is 16.7. The molecule has 18 heavy (non-hydrogen) atoms. The molecule has 0 bridgehead atoms. The summed E-state index contributed by atoms with van der Waals surface area (Å²) in [7, 11) is 0. The number of hydrogen-bond donors (Lipinski definition) is 0. The molecule has 0 spiro atoms. The van der Waals surface area contributed by atoms with Gasteiger partial charge in [-0.25, -0.2) is 4.39 Å². The minimum Gasteiger partial charge on any atom is -0.310 e. The molecule has 2 aromatic rings. The minimum absolute atomic E-state index is 0.111. The molecule has 1 aromatic carbocycles. The molecule has 5 heteroatoms. The Bertz CT molecular complexity index is 652. The first-order valence-electron chi connectivity index (χ1n) is 5.28. The predicted octanol–water partition coefficient (Wildman–Crippen LogP) is 3.87. The van der Waals surface area contributed by atoms with Crippen LogP contribution in [-0.2, 0) is 6.54 Å². The summed E-state index contributed by atoms with van der Waals surface area (Å²) in [6.45, 7) is 1.96. The fraction of sp³-hybridized carbons (Fsp3) is 0.154. The SMILES string of the molecule is Cc1cc(Br)cn(Cc2ccc(Br)cc2F)c1=O. The highest BCUT2D eigenvalue weighted by Gasteiger charge is 2.07. The van der Waals surface area contributed by atoms with Crippen molar-refractivity contribution < 1.29 is 4.39 Å². The van der Waals surface area contributed by atoms with E-state index in [9.17, 15) is 9.18 Å². The molecule has 0 radical (unpaired) electrons. The molecule has 0 aliphatic rings. The van der Waals surface area contributed by atoms with Crippen LogP contribution in [0.25, 0.3) is 0 Å². The van der Waals surface area contributed by atoms with Crippen LogP contribution in [-0.4, -0.2) is 4.57 Å². The van der Waals surface area contributed by atoms with Crippen molar-refractivity contribution in [3.8, 4) is 0 Å². The molecule has 2 nitrogen and oxygen atoms in total. The van der Waals surface area contributed by atoms with Gasteiger partial charge in [0.05, 0.1) is 6.54 Å². The lowest BCUT2D eigenvalue weighted by Gasteiger charge is -2.09. The van der Waals surface area contributed by atoms with Crippen LogP contribution >= 0.6 is 31.9 Å². The molecule has 0 saturated heterocycles. The lowest BCUT2D eigenvalue weighted by atomic mass is 10.2. The normalized spacial score (nSPS) is 10.7. The first kappa shape index (κ1) is 13.5. The average molecular weight is 375 g/mol. The van der Waals surface area contributed by atoms with Crippen LogP contribution in [0.1, 0.15) is 11.1 Å². The van der Waals surface area contributed by atoms with Crippen molar-refractivity contribution in [1.29, 1.82) is 0 Å². The van der Waals surface area contributed by atoms with E-state index in [2.05, 4.69) is 31.9 Å². The van der Waals surface area contributed by atoms with Gasteiger partial charge in [0.15, 0.2) is 0 Å². The lowest BCUT2D eigenvalue weighted by Crippen LogP contribution is -2.22. The summed E-state index contributed by atoms with van der Waals surface area (Å²) in [6, 6.07) is 6.57. The van der Waals surface area contributed by atoms with E-state index in [1.807, 2.05) is 0 Å². The Morgan fingerprint density at radius 3 is 2.61 bits per heavy atom. The first-order chi connectivity index (χ1) is 8.47. The summed E-state index contributed by atoms with van der Waals surface area (Å²) in [5.74, 6) is -0.325. The number of aryl methyl sites for hydroxylation is 1. The van der Waals surface area contributed by atoms with Gasteiger partial charge in [0.1, 0.15) is 5.82 Å². The van der Waals surface area contributed by atoms with Crippen molar-refractivity contribution in [3.63, 3.8) is 0 Å². The molecule has 2 rings (SSSR count). The van der Waals surface area contributed by atoms with Crippen molar-refractivity contribution in [2.75, 3.05) is 0 Å². The van der Waals surface area contributed by atoms with E-state index >= 15 is 0 Å². The Labute approximate surface area is 121 Å². The number of rotatable bonds is 2. The third-order valence-corrected chi connectivity index (χ3v) is 3.51. The largest absolute Gasteiger partial charge is 0.310 e. The topological polar surface area (TPSA) is 22.0 Å². The standard InChI is InChI=1S/C13H10Br2FNO/c1-8-4-11(15)7-17(13(8)18)6-9-2-3-10(14)5-12(9)16/h2-5,7H,6H2,1H3. The van der Waals surface area contributed by atoms with Gasteiger partial charge in [-0.1, -0.05) is 22.0 Å². The van der Waals surface area contributed by atoms with Crippen molar-refractivity contribution in [3.05, 3.63) is 66.7 Å². The molecule has 0 unspecified atom stereocenters. The highest BCUT2D eigenvalue weighted by atomic mass is 79.9. The number of hydrogen-bond acceptors (Lipinski definition) is 1. The monoisotopic (exact) mass is 373 g/mol. The van der Waals surface area contributed by atoms with Gasteiger partial charge in [-0.05, 0) is 41.1 Å². The Kier molecular flexibility index (Phi) is 4.02. The lowest BCUT2D eigenvalue weighted by molar-refractivity contribution is 0.594. The zero-order valence-electron chi connectivity index (χ0n) is 9.58. The molecule has 94 valence electrons. The van der Waals surface area contributed by atoms with Crippen LogP contribution in [0.4, 0.5) is 4.39 Å². The van der Waals surface area contributed by atoms with Crippen molar-refractivity contribution in [1.82, 2.24) is 4.57 Å². The fourth-order valence-electron chi connectivity index (χ4n) is 1.69. The second-order valence-electron chi connectivity index (χ2n) is 4.01. The zero-order chi connectivity index (χ0) is 13.3. The molecule has 0 aliphatic carbocycles. The number of nitrogens with zero attached hydrogens (tertiary/aromatic N) is 1. The molecule has 0 N–H and O–H groups in total. The number of benzene rings is 1. The van der Waals surface area contributed by atoms with Crippen molar-refractivity contribution in [2.45, 2.75) is 13.5 Å². The molecule has 0 amide bonds. The van der Waals surface area contributed by atoms with Gasteiger partial charge in [0.25, 0.3) is 5.56 Å². The van der Waals surface area contributed by atoms with Crippen LogP contribution < -0.4 is 5.56 Å². The molecule has 0 aliphatic heterocycles. The Morgan fingerprint density at radius 2 is 1.94 bits per heavy atom. The van der Waals surface area contributed by atoms with Gasteiger partial charge < -0.3 is 4.57 Å². The minimum atomic E-state index is -0.325. The highest BCUT2D eigenvalue weighted by Crippen LogP contribution is 2.16. The summed E-state index contributed by atoms with van der Waals surface area (Å²) >= 11 is 6.53. The molecule has 1 heterocycles. The Hall–Kier alpha value is -0.940. The number of pyridine rings is 1. The first-order valence-corrected chi connectivity index (χ1v) is 6.86. The van der Waals surface area contributed by atoms with Crippen LogP contribution in [0.15, 0.2) is 44.2 Å². The van der Waals surface area contributed by atoms with Crippen molar-refractivity contribution >= 4 is 31.9 Å².